The minimum absolute atomic E-state index is 0.107. The van der Waals surface area contributed by atoms with Gasteiger partial charge in [0.25, 0.3) is 5.91 Å². The fourth-order valence-electron chi connectivity index (χ4n) is 3.47. The normalized spacial score (nSPS) is 13.9. The molecule has 6 nitrogen and oxygen atoms in total. The highest BCUT2D eigenvalue weighted by Gasteiger charge is 2.32. The van der Waals surface area contributed by atoms with Crippen molar-refractivity contribution in [2.45, 2.75) is 18.7 Å². The van der Waals surface area contributed by atoms with E-state index in [1.807, 2.05) is 0 Å². The number of pyridine rings is 1. The highest BCUT2D eigenvalue weighted by Crippen LogP contribution is 2.35. The lowest BCUT2D eigenvalue weighted by Gasteiger charge is -2.27. The molecule has 0 spiro atoms. The lowest BCUT2D eigenvalue weighted by atomic mass is 10.1. The van der Waals surface area contributed by atoms with E-state index in [1.54, 1.807) is 48.5 Å². The molecule has 0 unspecified atom stereocenters. The molecule has 2 aromatic carbocycles. The van der Waals surface area contributed by atoms with Gasteiger partial charge < -0.3 is 19.5 Å². The number of nitrogens with zero attached hydrogens (tertiary/aromatic N) is 2. The standard InChI is InChI=1S/C24H21F3N2O4/c25-24(26,27)21-9-6-16(15-28-21)10-11-29(23(31)22(30)17-4-2-1-3-5-17)18-7-8-19-20(14-18)33-13-12-32-19/h1-9,14-15,22,30H,10-13H2/t22-/m0/s1. The molecule has 0 aliphatic carbocycles. The first-order chi connectivity index (χ1) is 15.8. The molecule has 0 saturated heterocycles. The Bertz CT molecular complexity index is 1100. The van der Waals surface area contributed by atoms with Crippen molar-refractivity contribution in [2.75, 3.05) is 24.7 Å². The summed E-state index contributed by atoms with van der Waals surface area (Å²) in [4.78, 5) is 18.1. The molecule has 1 atom stereocenters. The topological polar surface area (TPSA) is 71.9 Å². The van der Waals surface area contributed by atoms with E-state index in [4.69, 9.17) is 9.47 Å². The molecule has 4 rings (SSSR count). The van der Waals surface area contributed by atoms with E-state index in [-0.39, 0.29) is 13.0 Å². The van der Waals surface area contributed by atoms with Crippen molar-refractivity contribution in [1.29, 1.82) is 0 Å². The van der Waals surface area contributed by atoms with Crippen LogP contribution in [0.1, 0.15) is 22.9 Å². The van der Waals surface area contributed by atoms with Crippen LogP contribution in [0, 0.1) is 0 Å². The van der Waals surface area contributed by atoms with Crippen molar-refractivity contribution >= 4 is 11.6 Å². The molecule has 3 aromatic rings. The second kappa shape index (κ2) is 9.50. The molecular formula is C24H21F3N2O4. The first-order valence-electron chi connectivity index (χ1n) is 10.3. The van der Waals surface area contributed by atoms with Crippen LogP contribution in [-0.2, 0) is 17.4 Å². The number of alkyl halides is 3. The Balaban J connectivity index is 1.59. The summed E-state index contributed by atoms with van der Waals surface area (Å²) in [6.45, 7) is 0.895. The summed E-state index contributed by atoms with van der Waals surface area (Å²) in [5, 5.41) is 10.7. The van der Waals surface area contributed by atoms with Gasteiger partial charge in [-0.25, -0.2) is 0 Å². The average molecular weight is 458 g/mol. The van der Waals surface area contributed by atoms with Gasteiger partial charge in [-0.3, -0.25) is 9.78 Å². The number of amides is 1. The van der Waals surface area contributed by atoms with Crippen LogP contribution in [0.4, 0.5) is 18.9 Å². The van der Waals surface area contributed by atoms with Crippen molar-refractivity contribution in [3.05, 3.63) is 83.7 Å². The number of rotatable bonds is 6. The summed E-state index contributed by atoms with van der Waals surface area (Å²) in [5.41, 5.74) is 0.443. The SMILES string of the molecule is O=C([C@@H](O)c1ccccc1)N(CCc1ccc(C(F)(F)F)nc1)c1ccc2c(c1)OCCO2. The lowest BCUT2D eigenvalue weighted by Crippen LogP contribution is -2.37. The summed E-state index contributed by atoms with van der Waals surface area (Å²) >= 11 is 0. The van der Waals surface area contributed by atoms with Crippen molar-refractivity contribution < 1.29 is 32.5 Å². The van der Waals surface area contributed by atoms with Gasteiger partial charge >= 0.3 is 6.18 Å². The molecule has 1 amide bonds. The van der Waals surface area contributed by atoms with Crippen LogP contribution < -0.4 is 14.4 Å². The number of hydrogen-bond donors (Lipinski definition) is 1. The molecule has 9 heteroatoms. The number of fused-ring (bicyclic) bond motifs is 1. The van der Waals surface area contributed by atoms with Gasteiger partial charge in [0.2, 0.25) is 0 Å². The summed E-state index contributed by atoms with van der Waals surface area (Å²) in [6, 6.07) is 15.7. The molecule has 0 fully saturated rings. The average Bonchev–Trinajstić information content (AvgIpc) is 2.83. The smallest absolute Gasteiger partial charge is 0.433 e. The minimum Gasteiger partial charge on any atom is -0.486 e. The third-order valence-corrected chi connectivity index (χ3v) is 5.19. The van der Waals surface area contributed by atoms with Crippen LogP contribution in [0.3, 0.4) is 0 Å². The third-order valence-electron chi connectivity index (χ3n) is 5.19. The number of aliphatic hydroxyl groups is 1. The van der Waals surface area contributed by atoms with Crippen LogP contribution in [-0.4, -0.2) is 35.8 Å². The molecule has 1 aromatic heterocycles. The zero-order chi connectivity index (χ0) is 23.4. The Morgan fingerprint density at radius 1 is 1.03 bits per heavy atom. The largest absolute Gasteiger partial charge is 0.486 e. The van der Waals surface area contributed by atoms with Crippen molar-refractivity contribution in [3.8, 4) is 11.5 Å². The number of carbonyl (C=O) groups is 1. The molecule has 0 bridgehead atoms. The second-order valence-electron chi connectivity index (χ2n) is 7.43. The monoisotopic (exact) mass is 458 g/mol. The van der Waals surface area contributed by atoms with Gasteiger partial charge in [0, 0.05) is 24.5 Å². The number of carbonyl (C=O) groups excluding carboxylic acids is 1. The zero-order valence-electron chi connectivity index (χ0n) is 17.5. The van der Waals surface area contributed by atoms with Crippen LogP contribution in [0.25, 0.3) is 0 Å². The van der Waals surface area contributed by atoms with E-state index in [2.05, 4.69) is 4.98 Å². The first kappa shape index (κ1) is 22.6. The summed E-state index contributed by atoms with van der Waals surface area (Å²) in [7, 11) is 0. The molecule has 1 aliphatic heterocycles. The Morgan fingerprint density at radius 3 is 2.42 bits per heavy atom. The van der Waals surface area contributed by atoms with E-state index < -0.39 is 23.9 Å². The quantitative estimate of drug-likeness (QED) is 0.600. The second-order valence-corrected chi connectivity index (χ2v) is 7.43. The highest BCUT2D eigenvalue weighted by atomic mass is 19.4. The maximum absolute atomic E-state index is 13.3. The summed E-state index contributed by atoms with van der Waals surface area (Å²) < 4.78 is 49.5. The van der Waals surface area contributed by atoms with Crippen LogP contribution >= 0.6 is 0 Å². The zero-order valence-corrected chi connectivity index (χ0v) is 17.5. The van der Waals surface area contributed by atoms with Gasteiger partial charge in [0.15, 0.2) is 17.6 Å². The van der Waals surface area contributed by atoms with Gasteiger partial charge in [0.05, 0.1) is 0 Å². The van der Waals surface area contributed by atoms with E-state index in [9.17, 15) is 23.1 Å². The molecule has 172 valence electrons. The maximum Gasteiger partial charge on any atom is 0.433 e. The van der Waals surface area contributed by atoms with Crippen LogP contribution in [0.15, 0.2) is 66.9 Å². The number of halogens is 3. The predicted octanol–water partition coefficient (Wildman–Crippen LogP) is 4.18. The number of aliphatic hydroxyl groups excluding tert-OH is 1. The Hall–Kier alpha value is -3.59. The van der Waals surface area contributed by atoms with E-state index in [1.165, 1.54) is 11.0 Å². The first-order valence-corrected chi connectivity index (χ1v) is 10.3. The van der Waals surface area contributed by atoms with Gasteiger partial charge in [-0.05, 0) is 35.7 Å². The molecule has 0 radical (unpaired) electrons. The number of hydrogen-bond acceptors (Lipinski definition) is 5. The maximum atomic E-state index is 13.3. The fraction of sp³-hybridized carbons (Fsp3) is 0.250. The fourth-order valence-corrected chi connectivity index (χ4v) is 3.47. The van der Waals surface area contributed by atoms with Crippen LogP contribution in [0.2, 0.25) is 0 Å². The summed E-state index contributed by atoms with van der Waals surface area (Å²) in [5.74, 6) is 0.452. The van der Waals surface area contributed by atoms with Crippen molar-refractivity contribution in [3.63, 3.8) is 0 Å². The van der Waals surface area contributed by atoms with Gasteiger partial charge in [-0.2, -0.15) is 13.2 Å². The van der Waals surface area contributed by atoms with Gasteiger partial charge in [0.1, 0.15) is 18.9 Å². The van der Waals surface area contributed by atoms with Gasteiger partial charge in [-0.15, -0.1) is 0 Å². The molecule has 1 N–H and O–H groups in total. The lowest BCUT2D eigenvalue weighted by molar-refractivity contribution is -0.141. The molecule has 0 saturated carbocycles. The third kappa shape index (κ3) is 5.25. The number of anilines is 1. The highest BCUT2D eigenvalue weighted by molar-refractivity contribution is 5.97. The van der Waals surface area contributed by atoms with Crippen molar-refractivity contribution in [2.24, 2.45) is 0 Å². The molecule has 33 heavy (non-hydrogen) atoms. The molecule has 1 aliphatic rings. The van der Waals surface area contributed by atoms with E-state index in [0.29, 0.717) is 41.5 Å². The van der Waals surface area contributed by atoms with Gasteiger partial charge in [-0.1, -0.05) is 36.4 Å². The Kier molecular flexibility index (Phi) is 6.50. The van der Waals surface area contributed by atoms with E-state index in [0.717, 1.165) is 12.3 Å². The molecular weight excluding hydrogens is 437 g/mol. The van der Waals surface area contributed by atoms with Crippen molar-refractivity contribution in [1.82, 2.24) is 4.98 Å². The number of benzene rings is 2. The number of ether oxygens (including phenoxy) is 2. The predicted molar refractivity (Wildman–Crippen MR) is 114 cm³/mol. The Labute approximate surface area is 188 Å². The summed E-state index contributed by atoms with van der Waals surface area (Å²) in [6.07, 6.45) is -4.56. The van der Waals surface area contributed by atoms with E-state index >= 15 is 0 Å². The number of aromatic nitrogens is 1. The Morgan fingerprint density at radius 2 is 1.76 bits per heavy atom. The molecule has 2 heterocycles. The van der Waals surface area contributed by atoms with Crippen LogP contribution in [0.5, 0.6) is 11.5 Å². The minimum atomic E-state index is -4.52.